The number of aromatic nitrogens is 1. The Kier molecular flexibility index (Phi) is 7.65. The second-order valence-electron chi connectivity index (χ2n) is 7.57. The van der Waals surface area contributed by atoms with Crippen LogP contribution >= 0.6 is 0 Å². The van der Waals surface area contributed by atoms with Crippen molar-refractivity contribution in [3.63, 3.8) is 0 Å². The molecule has 2 fully saturated rings. The van der Waals surface area contributed by atoms with Gasteiger partial charge >= 0.3 is 12.1 Å². The summed E-state index contributed by atoms with van der Waals surface area (Å²) in [4.78, 5) is 36.4. The van der Waals surface area contributed by atoms with Gasteiger partial charge in [0.25, 0.3) is 0 Å². The van der Waals surface area contributed by atoms with Gasteiger partial charge in [0.1, 0.15) is 26.9 Å². The van der Waals surface area contributed by atoms with Crippen molar-refractivity contribution < 1.29 is 28.5 Å². The standard InChI is InChI=1S/C20H31N5O6/c1-14-8-16(9-15(2)21-14)6-7-31-13-25-18-17(23(11-29-4)20(25)27)22(10-28-3)19(26)24(18)12-30-5/h8-9,17-18H,6-7,10-13H2,1-5H3. The van der Waals surface area contributed by atoms with Crippen LogP contribution in [0.2, 0.25) is 0 Å². The van der Waals surface area contributed by atoms with E-state index in [0.29, 0.717) is 13.0 Å². The van der Waals surface area contributed by atoms with Crippen LogP contribution in [0, 0.1) is 13.8 Å². The Hall–Kier alpha value is -2.47. The summed E-state index contributed by atoms with van der Waals surface area (Å²) >= 11 is 0. The molecule has 0 aromatic carbocycles. The Morgan fingerprint density at radius 2 is 1.19 bits per heavy atom. The molecule has 0 saturated carbocycles. The van der Waals surface area contributed by atoms with E-state index in [9.17, 15) is 9.59 Å². The van der Waals surface area contributed by atoms with Gasteiger partial charge in [-0.05, 0) is 38.0 Å². The number of nitrogens with zero attached hydrogens (tertiary/aromatic N) is 5. The van der Waals surface area contributed by atoms with E-state index < -0.39 is 12.3 Å². The van der Waals surface area contributed by atoms with Crippen molar-refractivity contribution >= 4 is 12.1 Å². The lowest BCUT2D eigenvalue weighted by atomic mass is 10.1. The third kappa shape index (κ3) is 4.74. The van der Waals surface area contributed by atoms with Gasteiger partial charge in [-0.1, -0.05) is 0 Å². The van der Waals surface area contributed by atoms with Crippen molar-refractivity contribution in [2.75, 3.05) is 54.9 Å². The summed E-state index contributed by atoms with van der Waals surface area (Å²) in [6.07, 6.45) is -0.446. The van der Waals surface area contributed by atoms with E-state index >= 15 is 0 Å². The van der Waals surface area contributed by atoms with E-state index in [-0.39, 0.29) is 39.0 Å². The first-order valence-corrected chi connectivity index (χ1v) is 10.1. The minimum Gasteiger partial charge on any atom is -0.364 e. The predicted octanol–water partition coefficient (Wildman–Crippen LogP) is 1.15. The number of urea groups is 2. The largest absolute Gasteiger partial charge is 0.364 e. The van der Waals surface area contributed by atoms with Gasteiger partial charge in [0, 0.05) is 32.7 Å². The highest BCUT2D eigenvalue weighted by molar-refractivity contribution is 5.85. The van der Waals surface area contributed by atoms with Crippen LogP contribution in [0.3, 0.4) is 0 Å². The van der Waals surface area contributed by atoms with E-state index in [1.165, 1.54) is 40.9 Å². The maximum atomic E-state index is 13.1. The maximum absolute atomic E-state index is 13.1. The van der Waals surface area contributed by atoms with Crippen LogP contribution in [-0.4, -0.2) is 104 Å². The molecule has 3 rings (SSSR count). The molecule has 1 aromatic rings. The molecule has 0 spiro atoms. The third-order valence-electron chi connectivity index (χ3n) is 5.24. The molecule has 4 amide bonds. The lowest BCUT2D eigenvalue weighted by molar-refractivity contribution is -0.0212. The molecule has 1 aromatic heterocycles. The minimum atomic E-state index is -0.573. The first-order valence-electron chi connectivity index (χ1n) is 10.1. The molecule has 11 nitrogen and oxygen atoms in total. The van der Waals surface area contributed by atoms with Crippen molar-refractivity contribution in [2.45, 2.75) is 32.6 Å². The predicted molar refractivity (Wildman–Crippen MR) is 110 cm³/mol. The Morgan fingerprint density at radius 1 is 0.774 bits per heavy atom. The fraction of sp³-hybridized carbons (Fsp3) is 0.650. The highest BCUT2D eigenvalue weighted by Crippen LogP contribution is 2.34. The summed E-state index contributed by atoms with van der Waals surface area (Å²) in [5.74, 6) is 0. The molecule has 2 aliphatic rings. The van der Waals surface area contributed by atoms with Gasteiger partial charge in [-0.3, -0.25) is 24.6 Å². The Labute approximate surface area is 182 Å². The minimum absolute atomic E-state index is 0.0393. The quantitative estimate of drug-likeness (QED) is 0.479. The number of hydrogen-bond acceptors (Lipinski definition) is 7. The van der Waals surface area contributed by atoms with Gasteiger partial charge in [0.2, 0.25) is 0 Å². The molecular weight excluding hydrogens is 406 g/mol. The first-order chi connectivity index (χ1) is 14.9. The van der Waals surface area contributed by atoms with Crippen LogP contribution < -0.4 is 0 Å². The third-order valence-corrected chi connectivity index (χ3v) is 5.24. The molecule has 0 N–H and O–H groups in total. The second kappa shape index (κ2) is 10.2. The van der Waals surface area contributed by atoms with E-state index in [2.05, 4.69) is 4.98 Å². The van der Waals surface area contributed by atoms with Gasteiger partial charge in [-0.25, -0.2) is 9.59 Å². The number of fused-ring (bicyclic) bond motifs is 1. The Balaban J connectivity index is 1.72. The van der Waals surface area contributed by atoms with Crippen molar-refractivity contribution in [2.24, 2.45) is 0 Å². The van der Waals surface area contributed by atoms with Crippen molar-refractivity contribution in [3.05, 3.63) is 29.1 Å². The van der Waals surface area contributed by atoms with Crippen LogP contribution in [0.5, 0.6) is 0 Å². The highest BCUT2D eigenvalue weighted by atomic mass is 16.5. The number of carbonyl (C=O) groups is 2. The first kappa shape index (κ1) is 23.2. The molecule has 2 unspecified atom stereocenters. The number of pyridine rings is 1. The molecule has 2 atom stereocenters. The van der Waals surface area contributed by atoms with E-state index in [0.717, 1.165) is 17.0 Å². The monoisotopic (exact) mass is 437 g/mol. The lowest BCUT2D eigenvalue weighted by Gasteiger charge is -2.28. The number of aryl methyl sites for hydroxylation is 2. The number of carbonyl (C=O) groups excluding carboxylic acids is 2. The molecular formula is C20H31N5O6. The molecule has 172 valence electrons. The van der Waals surface area contributed by atoms with Crippen molar-refractivity contribution in [3.8, 4) is 0 Å². The maximum Gasteiger partial charge on any atom is 0.327 e. The van der Waals surface area contributed by atoms with Gasteiger partial charge < -0.3 is 18.9 Å². The average molecular weight is 437 g/mol. The van der Waals surface area contributed by atoms with Crippen LogP contribution in [-0.2, 0) is 25.4 Å². The number of methoxy groups -OCH3 is 3. The normalized spacial score (nSPS) is 20.9. The zero-order chi connectivity index (χ0) is 22.5. The van der Waals surface area contributed by atoms with E-state index in [4.69, 9.17) is 18.9 Å². The number of amides is 4. The second-order valence-corrected chi connectivity index (χ2v) is 7.57. The SMILES string of the molecule is COCN1C(=O)N(COC)C2C1N(COC)C(=O)N2COCCc1cc(C)nc(C)c1. The van der Waals surface area contributed by atoms with Crippen LogP contribution in [0.15, 0.2) is 12.1 Å². The summed E-state index contributed by atoms with van der Waals surface area (Å²) in [6, 6.07) is 3.49. The van der Waals surface area contributed by atoms with Crippen LogP contribution in [0.1, 0.15) is 17.0 Å². The Morgan fingerprint density at radius 3 is 1.61 bits per heavy atom. The van der Waals surface area contributed by atoms with Crippen LogP contribution in [0.4, 0.5) is 9.59 Å². The fourth-order valence-electron chi connectivity index (χ4n) is 4.12. The fourth-order valence-corrected chi connectivity index (χ4v) is 4.12. The molecule has 0 bridgehead atoms. The van der Waals surface area contributed by atoms with E-state index in [1.54, 1.807) is 0 Å². The number of rotatable bonds is 11. The number of ether oxygens (including phenoxy) is 4. The molecule has 0 aliphatic carbocycles. The summed E-state index contributed by atoms with van der Waals surface area (Å²) in [7, 11) is 4.51. The summed E-state index contributed by atoms with van der Waals surface area (Å²) in [5.41, 5.74) is 3.04. The Bertz CT molecular complexity index is 769. The summed E-state index contributed by atoms with van der Waals surface area (Å²) in [6.45, 7) is 4.51. The molecule has 3 heterocycles. The molecule has 31 heavy (non-hydrogen) atoms. The zero-order valence-corrected chi connectivity index (χ0v) is 18.7. The van der Waals surface area contributed by atoms with Gasteiger partial charge in [0.05, 0.1) is 6.61 Å². The zero-order valence-electron chi connectivity index (χ0n) is 18.7. The van der Waals surface area contributed by atoms with Crippen LogP contribution in [0.25, 0.3) is 0 Å². The van der Waals surface area contributed by atoms with E-state index in [1.807, 2.05) is 26.0 Å². The lowest BCUT2D eigenvalue weighted by Crippen LogP contribution is -2.48. The summed E-state index contributed by atoms with van der Waals surface area (Å²) < 4.78 is 21.5. The molecule has 2 aliphatic heterocycles. The average Bonchev–Trinajstić information content (AvgIpc) is 3.12. The molecule has 2 saturated heterocycles. The highest BCUT2D eigenvalue weighted by Gasteiger charge is 2.59. The van der Waals surface area contributed by atoms with Gasteiger partial charge in [0.15, 0.2) is 12.3 Å². The molecule has 0 radical (unpaired) electrons. The van der Waals surface area contributed by atoms with Crippen molar-refractivity contribution in [1.29, 1.82) is 0 Å². The number of hydrogen-bond donors (Lipinski definition) is 0. The van der Waals surface area contributed by atoms with Crippen molar-refractivity contribution in [1.82, 2.24) is 24.6 Å². The smallest absolute Gasteiger partial charge is 0.327 e. The summed E-state index contributed by atoms with van der Waals surface area (Å²) in [5, 5.41) is 0. The van der Waals surface area contributed by atoms with Gasteiger partial charge in [-0.15, -0.1) is 0 Å². The van der Waals surface area contributed by atoms with Gasteiger partial charge in [-0.2, -0.15) is 0 Å². The topological polar surface area (TPSA) is 96.9 Å². The molecule has 11 heteroatoms.